The van der Waals surface area contributed by atoms with E-state index in [2.05, 4.69) is 0 Å². The van der Waals surface area contributed by atoms with E-state index in [1.165, 1.54) is 0 Å². The molecule has 2 unspecified atom stereocenters. The van der Waals surface area contributed by atoms with Crippen LogP contribution in [0.3, 0.4) is 0 Å². The highest BCUT2D eigenvalue weighted by atomic mass is 19.3. The van der Waals surface area contributed by atoms with Gasteiger partial charge >= 0.3 is 0 Å². The van der Waals surface area contributed by atoms with Crippen molar-refractivity contribution in [2.24, 2.45) is 11.7 Å². The molecule has 2 N–H and O–H groups in total. The predicted molar refractivity (Wildman–Crippen MR) is 66.5 cm³/mol. The van der Waals surface area contributed by atoms with E-state index in [1.807, 2.05) is 13.8 Å². The molecule has 0 aromatic rings. The number of rotatable bonds is 7. The molecular formula is C13H25F2NO2. The Kier molecular flexibility index (Phi) is 6.46. The van der Waals surface area contributed by atoms with Crippen molar-refractivity contribution in [3.8, 4) is 0 Å². The molecule has 0 amide bonds. The Labute approximate surface area is 108 Å². The van der Waals surface area contributed by atoms with Gasteiger partial charge in [0.15, 0.2) is 6.29 Å². The molecule has 1 aliphatic carbocycles. The molecule has 0 saturated heterocycles. The van der Waals surface area contributed by atoms with Crippen LogP contribution in [-0.4, -0.2) is 31.5 Å². The van der Waals surface area contributed by atoms with Crippen molar-refractivity contribution >= 4 is 0 Å². The molecule has 18 heavy (non-hydrogen) atoms. The van der Waals surface area contributed by atoms with Gasteiger partial charge in [0.2, 0.25) is 5.92 Å². The molecule has 108 valence electrons. The number of hydrogen-bond donors (Lipinski definition) is 1. The maximum atomic E-state index is 13.3. The van der Waals surface area contributed by atoms with E-state index < -0.39 is 12.2 Å². The van der Waals surface area contributed by atoms with Gasteiger partial charge in [0, 0.05) is 26.1 Å². The highest BCUT2D eigenvalue weighted by Gasteiger charge is 2.37. The topological polar surface area (TPSA) is 44.5 Å². The Morgan fingerprint density at radius 1 is 1.28 bits per heavy atom. The Bertz CT molecular complexity index is 233. The first-order chi connectivity index (χ1) is 8.48. The summed E-state index contributed by atoms with van der Waals surface area (Å²) in [7, 11) is 0. The largest absolute Gasteiger partial charge is 0.351 e. The summed E-state index contributed by atoms with van der Waals surface area (Å²) >= 11 is 0. The van der Waals surface area contributed by atoms with Crippen LogP contribution < -0.4 is 5.73 Å². The van der Waals surface area contributed by atoms with Crippen LogP contribution in [0.4, 0.5) is 8.78 Å². The van der Waals surface area contributed by atoms with E-state index in [-0.39, 0.29) is 24.8 Å². The second-order valence-corrected chi connectivity index (χ2v) is 5.00. The van der Waals surface area contributed by atoms with Crippen LogP contribution in [0.5, 0.6) is 0 Å². The molecule has 1 saturated carbocycles. The fourth-order valence-corrected chi connectivity index (χ4v) is 2.60. The molecule has 0 spiro atoms. The third-order valence-electron chi connectivity index (χ3n) is 3.36. The summed E-state index contributed by atoms with van der Waals surface area (Å²) in [4.78, 5) is 0. The summed E-state index contributed by atoms with van der Waals surface area (Å²) < 4.78 is 37.4. The molecule has 0 aromatic heterocycles. The second-order valence-electron chi connectivity index (χ2n) is 5.00. The van der Waals surface area contributed by atoms with Gasteiger partial charge < -0.3 is 15.2 Å². The molecule has 5 heteroatoms. The van der Waals surface area contributed by atoms with Gasteiger partial charge in [-0.1, -0.05) is 0 Å². The first-order valence-corrected chi connectivity index (χ1v) is 6.85. The molecule has 3 nitrogen and oxygen atoms in total. The normalized spacial score (nSPS) is 25.3. The van der Waals surface area contributed by atoms with Crippen molar-refractivity contribution in [3.63, 3.8) is 0 Å². The maximum Gasteiger partial charge on any atom is 0.248 e. The Morgan fingerprint density at radius 3 is 2.39 bits per heavy atom. The van der Waals surface area contributed by atoms with E-state index in [1.54, 1.807) is 0 Å². The number of nitrogens with two attached hydrogens (primary N) is 1. The first kappa shape index (κ1) is 15.8. The highest BCUT2D eigenvalue weighted by Crippen LogP contribution is 2.38. The zero-order chi connectivity index (χ0) is 13.6. The van der Waals surface area contributed by atoms with Crippen LogP contribution in [-0.2, 0) is 9.47 Å². The first-order valence-electron chi connectivity index (χ1n) is 6.85. The predicted octanol–water partition coefficient (Wildman–Crippen LogP) is 2.93. The lowest BCUT2D eigenvalue weighted by atomic mass is 9.82. The number of ether oxygens (including phenoxy) is 2. The van der Waals surface area contributed by atoms with Crippen molar-refractivity contribution in [3.05, 3.63) is 0 Å². The number of hydrogen-bond acceptors (Lipinski definition) is 3. The molecule has 1 aliphatic rings. The van der Waals surface area contributed by atoms with Gasteiger partial charge in [-0.2, -0.15) is 0 Å². The van der Waals surface area contributed by atoms with Crippen LogP contribution in [0.1, 0.15) is 46.0 Å². The quantitative estimate of drug-likeness (QED) is 0.720. The summed E-state index contributed by atoms with van der Waals surface area (Å²) in [5, 5.41) is 0. The van der Waals surface area contributed by atoms with Gasteiger partial charge in [-0.3, -0.25) is 0 Å². The number of halogens is 2. The van der Waals surface area contributed by atoms with E-state index >= 15 is 0 Å². The summed E-state index contributed by atoms with van der Waals surface area (Å²) in [6, 6.07) is -0.330. The van der Waals surface area contributed by atoms with E-state index in [0.29, 0.717) is 26.1 Å². The van der Waals surface area contributed by atoms with Gasteiger partial charge in [0.25, 0.3) is 0 Å². The summed E-state index contributed by atoms with van der Waals surface area (Å²) in [6.45, 7) is 4.76. The number of alkyl halides is 2. The molecule has 1 fully saturated rings. The SMILES string of the molecule is CCOC(OCC)C(N)CC1CCCC(F)(F)C1. The van der Waals surface area contributed by atoms with E-state index in [9.17, 15) is 8.78 Å². The molecule has 0 aromatic carbocycles. The smallest absolute Gasteiger partial charge is 0.248 e. The Hall–Kier alpha value is -0.260. The minimum atomic E-state index is -2.52. The summed E-state index contributed by atoms with van der Waals surface area (Å²) in [5.74, 6) is -2.54. The highest BCUT2D eigenvalue weighted by molar-refractivity contribution is 4.82. The zero-order valence-electron chi connectivity index (χ0n) is 11.3. The minimum absolute atomic E-state index is 0.0130. The minimum Gasteiger partial charge on any atom is -0.351 e. The van der Waals surface area contributed by atoms with Crippen LogP contribution in [0, 0.1) is 5.92 Å². The summed E-state index contributed by atoms with van der Waals surface area (Å²) in [5.41, 5.74) is 6.01. The molecule has 0 radical (unpaired) electrons. The van der Waals surface area contributed by atoms with E-state index in [4.69, 9.17) is 15.2 Å². The van der Waals surface area contributed by atoms with Crippen molar-refractivity contribution in [1.82, 2.24) is 0 Å². The second kappa shape index (κ2) is 7.36. The third kappa shape index (κ3) is 5.16. The van der Waals surface area contributed by atoms with Gasteiger partial charge in [-0.05, 0) is 39.0 Å². The van der Waals surface area contributed by atoms with Gasteiger partial charge in [-0.25, -0.2) is 8.78 Å². The van der Waals surface area contributed by atoms with Gasteiger partial charge in [-0.15, -0.1) is 0 Å². The van der Waals surface area contributed by atoms with E-state index in [0.717, 1.165) is 6.42 Å². The monoisotopic (exact) mass is 265 g/mol. The molecule has 1 rings (SSSR count). The van der Waals surface area contributed by atoms with Crippen molar-refractivity contribution in [2.75, 3.05) is 13.2 Å². The molecule has 0 aliphatic heterocycles. The lowest BCUT2D eigenvalue weighted by Crippen LogP contribution is -2.41. The Morgan fingerprint density at radius 2 is 1.89 bits per heavy atom. The van der Waals surface area contributed by atoms with Crippen LogP contribution in [0.15, 0.2) is 0 Å². The van der Waals surface area contributed by atoms with Crippen molar-refractivity contribution in [1.29, 1.82) is 0 Å². The van der Waals surface area contributed by atoms with Gasteiger partial charge in [0.1, 0.15) is 0 Å². The van der Waals surface area contributed by atoms with Crippen molar-refractivity contribution in [2.45, 2.75) is 64.2 Å². The Balaban J connectivity index is 2.43. The summed E-state index contributed by atoms with van der Waals surface area (Å²) in [6.07, 6.45) is 1.44. The lowest BCUT2D eigenvalue weighted by Gasteiger charge is -2.32. The molecule has 2 atom stereocenters. The lowest BCUT2D eigenvalue weighted by molar-refractivity contribution is -0.153. The van der Waals surface area contributed by atoms with Crippen LogP contribution >= 0.6 is 0 Å². The molecule has 0 heterocycles. The molecule has 0 bridgehead atoms. The van der Waals surface area contributed by atoms with Crippen LogP contribution in [0.25, 0.3) is 0 Å². The molecular weight excluding hydrogens is 240 g/mol. The maximum absolute atomic E-state index is 13.3. The van der Waals surface area contributed by atoms with Crippen LogP contribution in [0.2, 0.25) is 0 Å². The zero-order valence-corrected chi connectivity index (χ0v) is 11.3. The average molecular weight is 265 g/mol. The third-order valence-corrected chi connectivity index (χ3v) is 3.36. The van der Waals surface area contributed by atoms with Gasteiger partial charge in [0.05, 0.1) is 6.04 Å². The fourth-order valence-electron chi connectivity index (χ4n) is 2.60. The fraction of sp³-hybridized carbons (Fsp3) is 1.00. The van der Waals surface area contributed by atoms with Crippen molar-refractivity contribution < 1.29 is 18.3 Å². The standard InChI is InChI=1S/C13H25F2NO2/c1-3-17-12(18-4-2)11(16)8-10-6-5-7-13(14,15)9-10/h10-12H,3-9,16H2,1-2H3. The average Bonchev–Trinajstić information content (AvgIpc) is 2.27.